The van der Waals surface area contributed by atoms with E-state index in [1.807, 2.05) is 26.1 Å². The fraction of sp³-hybridized carbons (Fsp3) is 0.556. The highest BCUT2D eigenvalue weighted by molar-refractivity contribution is 5.75. The number of hydrogen-bond acceptors (Lipinski definition) is 2. The summed E-state index contributed by atoms with van der Waals surface area (Å²) in [7, 11) is 0. The Morgan fingerprint density at radius 2 is 2.38 bits per heavy atom. The van der Waals surface area contributed by atoms with Gasteiger partial charge in [0.05, 0.1) is 0 Å². The van der Waals surface area contributed by atoms with E-state index in [9.17, 15) is 4.79 Å². The lowest BCUT2D eigenvalue weighted by atomic mass is 10.3. The summed E-state index contributed by atoms with van der Waals surface area (Å²) in [5.74, 6) is 0.0745. The molecule has 0 atom stereocenters. The van der Waals surface area contributed by atoms with Crippen LogP contribution in [0.3, 0.4) is 0 Å². The number of carbonyl (C=O) groups is 1. The minimum Gasteiger partial charge on any atom is -0.354 e. The molecule has 0 saturated heterocycles. The molecule has 0 fully saturated rings. The molecule has 1 aromatic rings. The second-order valence-electron chi connectivity index (χ2n) is 3.24. The summed E-state index contributed by atoms with van der Waals surface area (Å²) in [5.41, 5.74) is 0. The van der Waals surface area contributed by atoms with Crippen LogP contribution in [0.1, 0.15) is 20.3 Å². The highest BCUT2D eigenvalue weighted by Gasteiger charge is 2.02. The van der Waals surface area contributed by atoms with Crippen LogP contribution in [0.2, 0.25) is 0 Å². The average Bonchev–Trinajstić information content (AvgIpc) is 2.51. The molecule has 13 heavy (non-hydrogen) atoms. The molecular weight excluding hydrogens is 166 g/mol. The first-order chi connectivity index (χ1) is 6.18. The summed E-state index contributed by atoms with van der Waals surface area (Å²) in [6.07, 6.45) is 4.04. The lowest BCUT2D eigenvalue weighted by Crippen LogP contribution is -2.30. The van der Waals surface area contributed by atoms with E-state index in [1.165, 1.54) is 0 Å². The SMILES string of the molecule is CC(C)NC(=O)CCn1cccn1. The third kappa shape index (κ3) is 3.73. The molecule has 0 aliphatic carbocycles. The Morgan fingerprint density at radius 1 is 1.62 bits per heavy atom. The zero-order valence-electron chi connectivity index (χ0n) is 8.03. The van der Waals surface area contributed by atoms with E-state index in [-0.39, 0.29) is 11.9 Å². The van der Waals surface area contributed by atoms with Crippen molar-refractivity contribution < 1.29 is 4.79 Å². The number of aromatic nitrogens is 2. The second kappa shape index (κ2) is 4.64. The number of carbonyl (C=O) groups excluding carboxylic acids is 1. The van der Waals surface area contributed by atoms with Gasteiger partial charge in [0.25, 0.3) is 0 Å². The molecule has 1 heterocycles. The van der Waals surface area contributed by atoms with Crippen LogP contribution in [0.15, 0.2) is 18.5 Å². The molecule has 1 aromatic heterocycles. The van der Waals surface area contributed by atoms with Gasteiger partial charge in [-0.15, -0.1) is 0 Å². The number of nitrogens with zero attached hydrogens (tertiary/aromatic N) is 2. The Bertz CT molecular complexity index is 254. The minimum atomic E-state index is 0.0745. The zero-order chi connectivity index (χ0) is 9.68. The largest absolute Gasteiger partial charge is 0.354 e. The zero-order valence-corrected chi connectivity index (χ0v) is 8.03. The molecule has 1 N–H and O–H groups in total. The maximum Gasteiger partial charge on any atom is 0.222 e. The first-order valence-corrected chi connectivity index (χ1v) is 4.45. The van der Waals surface area contributed by atoms with Crippen molar-refractivity contribution in [2.24, 2.45) is 0 Å². The van der Waals surface area contributed by atoms with Crippen LogP contribution in [-0.2, 0) is 11.3 Å². The quantitative estimate of drug-likeness (QED) is 0.746. The van der Waals surface area contributed by atoms with E-state index in [0.29, 0.717) is 13.0 Å². The number of nitrogens with one attached hydrogen (secondary N) is 1. The molecular formula is C9H15N3O. The van der Waals surface area contributed by atoms with Crippen molar-refractivity contribution in [1.29, 1.82) is 0 Å². The van der Waals surface area contributed by atoms with E-state index in [0.717, 1.165) is 0 Å². The van der Waals surface area contributed by atoms with Gasteiger partial charge in [0.15, 0.2) is 0 Å². The van der Waals surface area contributed by atoms with Crippen LogP contribution < -0.4 is 5.32 Å². The Morgan fingerprint density at radius 3 is 2.92 bits per heavy atom. The van der Waals surface area contributed by atoms with Crippen LogP contribution in [-0.4, -0.2) is 21.7 Å². The summed E-state index contributed by atoms with van der Waals surface area (Å²) < 4.78 is 1.75. The van der Waals surface area contributed by atoms with Gasteiger partial charge in [-0.25, -0.2) is 0 Å². The first-order valence-electron chi connectivity index (χ1n) is 4.45. The van der Waals surface area contributed by atoms with Gasteiger partial charge >= 0.3 is 0 Å². The van der Waals surface area contributed by atoms with Gasteiger partial charge in [-0.3, -0.25) is 9.48 Å². The fourth-order valence-electron chi connectivity index (χ4n) is 1.04. The smallest absolute Gasteiger partial charge is 0.222 e. The van der Waals surface area contributed by atoms with Crippen LogP contribution in [0, 0.1) is 0 Å². The molecule has 1 rings (SSSR count). The molecule has 0 aliphatic rings. The predicted octanol–water partition coefficient (Wildman–Crippen LogP) is 0.798. The van der Waals surface area contributed by atoms with Crippen molar-refractivity contribution in [3.05, 3.63) is 18.5 Å². The van der Waals surface area contributed by atoms with Gasteiger partial charge in [0.1, 0.15) is 0 Å². The van der Waals surface area contributed by atoms with E-state index in [2.05, 4.69) is 10.4 Å². The molecule has 0 bridgehead atoms. The van der Waals surface area contributed by atoms with Crippen LogP contribution in [0.25, 0.3) is 0 Å². The molecule has 0 radical (unpaired) electrons. The number of hydrogen-bond donors (Lipinski definition) is 1. The van der Waals surface area contributed by atoms with E-state index in [1.54, 1.807) is 10.9 Å². The highest BCUT2D eigenvalue weighted by Crippen LogP contribution is 1.90. The summed E-state index contributed by atoms with van der Waals surface area (Å²) in [6, 6.07) is 2.06. The molecule has 0 aliphatic heterocycles. The molecule has 0 aromatic carbocycles. The van der Waals surface area contributed by atoms with E-state index >= 15 is 0 Å². The molecule has 0 spiro atoms. The fourth-order valence-corrected chi connectivity index (χ4v) is 1.04. The molecule has 0 saturated carbocycles. The maximum absolute atomic E-state index is 11.2. The van der Waals surface area contributed by atoms with Gasteiger partial charge in [0, 0.05) is 31.4 Å². The number of rotatable bonds is 4. The van der Waals surface area contributed by atoms with E-state index in [4.69, 9.17) is 0 Å². The van der Waals surface area contributed by atoms with Crippen LogP contribution in [0.4, 0.5) is 0 Å². The van der Waals surface area contributed by atoms with Crippen molar-refractivity contribution in [2.75, 3.05) is 0 Å². The van der Waals surface area contributed by atoms with Crippen molar-refractivity contribution in [3.8, 4) is 0 Å². The van der Waals surface area contributed by atoms with Crippen molar-refractivity contribution in [2.45, 2.75) is 32.9 Å². The summed E-state index contributed by atoms with van der Waals surface area (Å²) in [6.45, 7) is 4.54. The van der Waals surface area contributed by atoms with Crippen LogP contribution in [0.5, 0.6) is 0 Å². The molecule has 4 heteroatoms. The van der Waals surface area contributed by atoms with Crippen molar-refractivity contribution in [1.82, 2.24) is 15.1 Å². The standard InChI is InChI=1S/C9H15N3O/c1-8(2)11-9(13)4-7-12-6-3-5-10-12/h3,5-6,8H,4,7H2,1-2H3,(H,11,13). The lowest BCUT2D eigenvalue weighted by molar-refractivity contribution is -0.121. The lowest BCUT2D eigenvalue weighted by Gasteiger charge is -2.07. The summed E-state index contributed by atoms with van der Waals surface area (Å²) >= 11 is 0. The third-order valence-corrected chi connectivity index (χ3v) is 1.58. The first kappa shape index (κ1) is 9.77. The van der Waals surface area contributed by atoms with Gasteiger partial charge in [0.2, 0.25) is 5.91 Å². The van der Waals surface area contributed by atoms with Gasteiger partial charge < -0.3 is 5.32 Å². The highest BCUT2D eigenvalue weighted by atomic mass is 16.1. The van der Waals surface area contributed by atoms with Crippen molar-refractivity contribution >= 4 is 5.91 Å². The Labute approximate surface area is 77.9 Å². The molecule has 4 nitrogen and oxygen atoms in total. The van der Waals surface area contributed by atoms with Gasteiger partial charge in [-0.2, -0.15) is 5.10 Å². The van der Waals surface area contributed by atoms with Gasteiger partial charge in [-0.1, -0.05) is 0 Å². The summed E-state index contributed by atoms with van der Waals surface area (Å²) in [5, 5.41) is 6.83. The Balaban J connectivity index is 2.23. The molecule has 0 unspecified atom stereocenters. The topological polar surface area (TPSA) is 46.9 Å². The Hall–Kier alpha value is -1.32. The molecule has 72 valence electrons. The second-order valence-corrected chi connectivity index (χ2v) is 3.24. The van der Waals surface area contributed by atoms with Gasteiger partial charge in [-0.05, 0) is 19.9 Å². The molecule has 1 amide bonds. The maximum atomic E-state index is 11.2. The van der Waals surface area contributed by atoms with E-state index < -0.39 is 0 Å². The Kier molecular flexibility index (Phi) is 3.49. The van der Waals surface area contributed by atoms with Crippen molar-refractivity contribution in [3.63, 3.8) is 0 Å². The van der Waals surface area contributed by atoms with Crippen LogP contribution >= 0.6 is 0 Å². The average molecular weight is 181 g/mol. The minimum absolute atomic E-state index is 0.0745. The normalized spacial score (nSPS) is 10.4. The number of aryl methyl sites for hydroxylation is 1. The third-order valence-electron chi connectivity index (χ3n) is 1.58. The predicted molar refractivity (Wildman–Crippen MR) is 50.1 cm³/mol. The number of amides is 1. The summed E-state index contributed by atoms with van der Waals surface area (Å²) in [4.78, 5) is 11.2. The monoisotopic (exact) mass is 181 g/mol.